The lowest BCUT2D eigenvalue weighted by atomic mass is 10.1. The molecule has 0 fully saturated rings. The molecule has 3 aromatic rings. The zero-order chi connectivity index (χ0) is 18.5. The van der Waals surface area contributed by atoms with Crippen LogP contribution < -0.4 is 4.74 Å². The molecule has 2 nitrogen and oxygen atoms in total. The van der Waals surface area contributed by atoms with Crippen LogP contribution in [0.25, 0.3) is 0 Å². The second-order valence-electron chi connectivity index (χ2n) is 6.50. The van der Waals surface area contributed by atoms with Gasteiger partial charge in [-0.15, -0.1) is 0 Å². The highest BCUT2D eigenvalue weighted by Gasteiger charge is 2.05. The van der Waals surface area contributed by atoms with Crippen molar-refractivity contribution in [2.24, 2.45) is 4.99 Å². The molecule has 3 aromatic carbocycles. The van der Waals surface area contributed by atoms with Crippen molar-refractivity contribution >= 4 is 23.5 Å². The van der Waals surface area contributed by atoms with Gasteiger partial charge in [0.15, 0.2) is 0 Å². The van der Waals surface area contributed by atoms with E-state index in [1.807, 2.05) is 30.5 Å². The van der Waals surface area contributed by atoms with Crippen molar-refractivity contribution in [2.45, 2.75) is 27.4 Å². The van der Waals surface area contributed by atoms with Gasteiger partial charge in [0.05, 0.1) is 5.69 Å². The van der Waals surface area contributed by atoms with Crippen molar-refractivity contribution in [3.63, 3.8) is 0 Å². The van der Waals surface area contributed by atoms with Gasteiger partial charge in [-0.1, -0.05) is 59.1 Å². The Bertz CT molecular complexity index is 929. The summed E-state index contributed by atoms with van der Waals surface area (Å²) in [6.07, 6.45) is 1.81. The van der Waals surface area contributed by atoms with Crippen LogP contribution >= 0.6 is 11.6 Å². The lowest BCUT2D eigenvalue weighted by Crippen LogP contribution is -1.98. The van der Waals surface area contributed by atoms with E-state index in [0.29, 0.717) is 11.6 Å². The average molecular weight is 364 g/mol. The second kappa shape index (κ2) is 8.20. The summed E-state index contributed by atoms with van der Waals surface area (Å²) in [5, 5.41) is 0.662. The Morgan fingerprint density at radius 3 is 2.35 bits per heavy atom. The molecule has 0 saturated heterocycles. The first-order valence-electron chi connectivity index (χ1n) is 8.60. The number of hydrogen-bond acceptors (Lipinski definition) is 2. The van der Waals surface area contributed by atoms with Gasteiger partial charge in [-0.05, 0) is 56.2 Å². The lowest BCUT2D eigenvalue weighted by molar-refractivity contribution is 0.306. The van der Waals surface area contributed by atoms with E-state index in [-0.39, 0.29) is 0 Å². The minimum Gasteiger partial charge on any atom is -0.488 e. The standard InChI is InChI=1S/C23H22ClNO/c1-16-4-7-19(8-5-16)15-26-23-11-9-21(24)13-20(23)14-25-22-10-6-17(2)12-18(22)3/h4-14H,15H2,1-3H3. The van der Waals surface area contributed by atoms with E-state index in [1.165, 1.54) is 11.1 Å². The Labute approximate surface area is 160 Å². The van der Waals surface area contributed by atoms with Crippen LogP contribution in [0.1, 0.15) is 27.8 Å². The second-order valence-corrected chi connectivity index (χ2v) is 6.94. The van der Waals surface area contributed by atoms with E-state index in [1.54, 1.807) is 0 Å². The molecule has 0 aliphatic rings. The average Bonchev–Trinajstić information content (AvgIpc) is 2.61. The zero-order valence-corrected chi connectivity index (χ0v) is 16.0. The van der Waals surface area contributed by atoms with Gasteiger partial charge in [-0.25, -0.2) is 0 Å². The van der Waals surface area contributed by atoms with Gasteiger partial charge >= 0.3 is 0 Å². The number of aryl methyl sites for hydroxylation is 3. The summed E-state index contributed by atoms with van der Waals surface area (Å²) in [5.74, 6) is 0.767. The van der Waals surface area contributed by atoms with Crippen molar-refractivity contribution in [1.82, 2.24) is 0 Å². The Kier molecular flexibility index (Phi) is 5.75. The molecular weight excluding hydrogens is 342 g/mol. The smallest absolute Gasteiger partial charge is 0.128 e. The number of hydrogen-bond donors (Lipinski definition) is 0. The first kappa shape index (κ1) is 18.2. The molecule has 3 heteroatoms. The van der Waals surface area contributed by atoms with Crippen molar-refractivity contribution < 1.29 is 4.74 Å². The fourth-order valence-corrected chi connectivity index (χ4v) is 2.87. The van der Waals surface area contributed by atoms with Gasteiger partial charge in [-0.3, -0.25) is 4.99 Å². The normalized spacial score (nSPS) is 11.1. The largest absolute Gasteiger partial charge is 0.488 e. The van der Waals surface area contributed by atoms with E-state index in [2.05, 4.69) is 62.2 Å². The quantitative estimate of drug-likeness (QED) is 0.468. The summed E-state index contributed by atoms with van der Waals surface area (Å²) in [6, 6.07) is 20.1. The number of halogens is 1. The maximum atomic E-state index is 6.17. The van der Waals surface area contributed by atoms with E-state index < -0.39 is 0 Å². The van der Waals surface area contributed by atoms with Crippen LogP contribution in [0.15, 0.2) is 65.7 Å². The van der Waals surface area contributed by atoms with E-state index in [0.717, 1.165) is 28.1 Å². The maximum Gasteiger partial charge on any atom is 0.128 e. The third-order valence-electron chi connectivity index (χ3n) is 4.18. The third kappa shape index (κ3) is 4.74. The summed E-state index contributed by atoms with van der Waals surface area (Å²) in [7, 11) is 0. The molecule has 0 saturated carbocycles. The highest BCUT2D eigenvalue weighted by atomic mass is 35.5. The molecule has 0 radical (unpaired) electrons. The summed E-state index contributed by atoms with van der Waals surface area (Å²) in [5.41, 5.74) is 6.55. The molecule has 0 unspecified atom stereocenters. The van der Waals surface area contributed by atoms with Gasteiger partial charge < -0.3 is 4.74 Å². The molecule has 0 spiro atoms. The minimum atomic E-state index is 0.506. The molecule has 26 heavy (non-hydrogen) atoms. The van der Waals surface area contributed by atoms with Gasteiger partial charge in [0.25, 0.3) is 0 Å². The first-order valence-corrected chi connectivity index (χ1v) is 8.98. The molecule has 0 amide bonds. The number of aliphatic imine (C=N–C) groups is 1. The molecule has 3 rings (SSSR count). The summed E-state index contributed by atoms with van der Waals surface area (Å²) < 4.78 is 6.01. The van der Waals surface area contributed by atoms with E-state index in [4.69, 9.17) is 16.3 Å². The Morgan fingerprint density at radius 2 is 1.62 bits per heavy atom. The SMILES string of the molecule is Cc1ccc(COc2ccc(Cl)cc2C=Nc2ccc(C)cc2C)cc1. The predicted octanol–water partition coefficient (Wildman–Crippen LogP) is 6.59. The van der Waals surface area contributed by atoms with Gasteiger partial charge in [0.1, 0.15) is 12.4 Å². The van der Waals surface area contributed by atoms with Crippen LogP contribution in [0, 0.1) is 20.8 Å². The monoisotopic (exact) mass is 363 g/mol. The third-order valence-corrected chi connectivity index (χ3v) is 4.42. The molecular formula is C23H22ClNO. The summed E-state index contributed by atoms with van der Waals surface area (Å²) >= 11 is 6.17. The number of nitrogens with zero attached hydrogens (tertiary/aromatic N) is 1. The molecule has 0 atom stereocenters. The number of ether oxygens (including phenoxy) is 1. The van der Waals surface area contributed by atoms with Gasteiger partial charge in [-0.2, -0.15) is 0 Å². The fourth-order valence-electron chi connectivity index (χ4n) is 2.69. The Balaban J connectivity index is 1.81. The van der Waals surface area contributed by atoms with Gasteiger partial charge in [0.2, 0.25) is 0 Å². The molecule has 0 aromatic heterocycles. The first-order chi connectivity index (χ1) is 12.5. The Hall–Kier alpha value is -2.58. The highest BCUT2D eigenvalue weighted by molar-refractivity contribution is 6.30. The number of rotatable bonds is 5. The van der Waals surface area contributed by atoms with Crippen LogP contribution in [-0.2, 0) is 6.61 Å². The molecule has 0 aliphatic carbocycles. The fraction of sp³-hybridized carbons (Fsp3) is 0.174. The van der Waals surface area contributed by atoms with Crippen molar-refractivity contribution in [1.29, 1.82) is 0 Å². The maximum absolute atomic E-state index is 6.17. The summed E-state index contributed by atoms with van der Waals surface area (Å²) in [6.45, 7) is 6.72. The van der Waals surface area contributed by atoms with Crippen LogP contribution in [0.3, 0.4) is 0 Å². The van der Waals surface area contributed by atoms with Crippen LogP contribution in [0.4, 0.5) is 5.69 Å². The topological polar surface area (TPSA) is 21.6 Å². The summed E-state index contributed by atoms with van der Waals surface area (Å²) in [4.78, 5) is 4.62. The molecule has 0 heterocycles. The molecule has 132 valence electrons. The van der Waals surface area contributed by atoms with Crippen LogP contribution in [0.2, 0.25) is 5.02 Å². The van der Waals surface area contributed by atoms with Crippen molar-refractivity contribution in [2.75, 3.05) is 0 Å². The van der Waals surface area contributed by atoms with Crippen LogP contribution in [0.5, 0.6) is 5.75 Å². The molecule has 0 bridgehead atoms. The van der Waals surface area contributed by atoms with Crippen LogP contribution in [-0.4, -0.2) is 6.21 Å². The minimum absolute atomic E-state index is 0.506. The number of benzene rings is 3. The molecule has 0 aliphatic heterocycles. The Morgan fingerprint density at radius 1 is 0.885 bits per heavy atom. The zero-order valence-electron chi connectivity index (χ0n) is 15.3. The van der Waals surface area contributed by atoms with E-state index >= 15 is 0 Å². The van der Waals surface area contributed by atoms with Gasteiger partial charge in [0, 0.05) is 16.8 Å². The molecule has 0 N–H and O–H groups in total. The lowest BCUT2D eigenvalue weighted by Gasteiger charge is -2.10. The predicted molar refractivity (Wildman–Crippen MR) is 110 cm³/mol. The highest BCUT2D eigenvalue weighted by Crippen LogP contribution is 2.25. The van der Waals surface area contributed by atoms with Crippen molar-refractivity contribution in [3.05, 3.63) is 93.5 Å². The van der Waals surface area contributed by atoms with Crippen molar-refractivity contribution in [3.8, 4) is 5.75 Å². The van der Waals surface area contributed by atoms with E-state index in [9.17, 15) is 0 Å².